The van der Waals surface area contributed by atoms with E-state index in [1.807, 2.05) is 19.9 Å². The molecule has 9 nitrogen and oxygen atoms in total. The van der Waals surface area contributed by atoms with Crippen LogP contribution in [0, 0.1) is 24.0 Å². The molecule has 4 N–H and O–H groups in total. The monoisotopic (exact) mass is 423 g/mol. The number of nitrogens with zero attached hydrogens (tertiary/aromatic N) is 1. The van der Waals surface area contributed by atoms with E-state index < -0.39 is 14.9 Å². The van der Waals surface area contributed by atoms with Crippen LogP contribution in [0.4, 0.5) is 17.1 Å². The van der Waals surface area contributed by atoms with Crippen LogP contribution in [0.15, 0.2) is 41.3 Å². The first-order valence-corrected chi connectivity index (χ1v) is 10.2. The first-order chi connectivity index (χ1) is 13.1. The van der Waals surface area contributed by atoms with Crippen molar-refractivity contribution < 1.29 is 13.3 Å². The van der Waals surface area contributed by atoms with Crippen LogP contribution >= 0.6 is 12.2 Å². The normalized spacial score (nSPS) is 10.8. The maximum Gasteiger partial charge on any atom is 0.270 e. The zero-order valence-corrected chi connectivity index (χ0v) is 17.2. The molecule has 28 heavy (non-hydrogen) atoms. The summed E-state index contributed by atoms with van der Waals surface area (Å²) >= 11 is 5.03. The highest BCUT2D eigenvalue weighted by atomic mass is 32.2. The smallest absolute Gasteiger partial charge is 0.270 e. The number of nitro groups is 1. The van der Waals surface area contributed by atoms with Gasteiger partial charge in [0.1, 0.15) is 4.90 Å². The molecule has 0 radical (unpaired) electrons. The van der Waals surface area contributed by atoms with Gasteiger partial charge >= 0.3 is 0 Å². The highest BCUT2D eigenvalue weighted by Crippen LogP contribution is 2.29. The molecule has 0 atom stereocenters. The lowest BCUT2D eigenvalue weighted by molar-refractivity contribution is -0.385. The number of sulfonamides is 1. The fourth-order valence-electron chi connectivity index (χ4n) is 2.41. The number of thiocarbonyl (C=S) groups is 1. The molecule has 0 heterocycles. The van der Waals surface area contributed by atoms with E-state index >= 15 is 0 Å². The van der Waals surface area contributed by atoms with E-state index in [9.17, 15) is 18.5 Å². The average molecular weight is 424 g/mol. The Morgan fingerprint density at radius 3 is 2.43 bits per heavy atom. The van der Waals surface area contributed by atoms with Crippen molar-refractivity contribution in [1.29, 1.82) is 0 Å². The van der Waals surface area contributed by atoms with E-state index in [-0.39, 0.29) is 21.4 Å². The second kappa shape index (κ2) is 8.85. The molecule has 0 bridgehead atoms. The Balaban J connectivity index is 2.42. The molecule has 2 aromatic carbocycles. The Labute approximate surface area is 168 Å². The Morgan fingerprint density at radius 2 is 1.82 bits per heavy atom. The van der Waals surface area contributed by atoms with Crippen molar-refractivity contribution in [3.05, 3.63) is 57.6 Å². The minimum Gasteiger partial charge on any atom is -0.362 e. The van der Waals surface area contributed by atoms with E-state index in [1.54, 1.807) is 19.1 Å². The SMILES string of the molecule is CCNC(=S)NNc1ccc([N+](=O)[O-])cc1S(=O)(=O)Nc1ccc(C)cc1C. The van der Waals surface area contributed by atoms with Crippen molar-refractivity contribution >= 4 is 44.4 Å². The maximum absolute atomic E-state index is 13.0. The molecule has 0 aromatic heterocycles. The molecule has 0 aliphatic carbocycles. The van der Waals surface area contributed by atoms with E-state index in [4.69, 9.17) is 12.2 Å². The second-order valence-electron chi connectivity index (χ2n) is 5.97. The number of nitro benzene ring substituents is 1. The van der Waals surface area contributed by atoms with Crippen molar-refractivity contribution in [3.8, 4) is 0 Å². The van der Waals surface area contributed by atoms with Gasteiger partial charge in [-0.2, -0.15) is 0 Å². The maximum atomic E-state index is 13.0. The zero-order valence-electron chi connectivity index (χ0n) is 15.6. The molecule has 0 spiro atoms. The van der Waals surface area contributed by atoms with Gasteiger partial charge < -0.3 is 5.32 Å². The summed E-state index contributed by atoms with van der Waals surface area (Å²) in [5.74, 6) is 0. The molecular weight excluding hydrogens is 402 g/mol. The van der Waals surface area contributed by atoms with Crippen LogP contribution < -0.4 is 20.9 Å². The number of hydrogen-bond acceptors (Lipinski definition) is 6. The number of benzene rings is 2. The van der Waals surface area contributed by atoms with Crippen LogP contribution in [-0.2, 0) is 10.0 Å². The molecule has 0 amide bonds. The van der Waals surface area contributed by atoms with Crippen LogP contribution in [0.25, 0.3) is 0 Å². The molecule has 0 saturated carbocycles. The van der Waals surface area contributed by atoms with Gasteiger partial charge in [0.05, 0.1) is 16.3 Å². The molecule has 0 saturated heterocycles. The van der Waals surface area contributed by atoms with Crippen LogP contribution in [0.3, 0.4) is 0 Å². The van der Waals surface area contributed by atoms with Gasteiger partial charge in [0.15, 0.2) is 5.11 Å². The molecule has 11 heteroatoms. The summed E-state index contributed by atoms with van der Waals surface area (Å²) in [6, 6.07) is 8.75. The summed E-state index contributed by atoms with van der Waals surface area (Å²) in [6.07, 6.45) is 0. The van der Waals surface area contributed by atoms with Crippen molar-refractivity contribution in [2.45, 2.75) is 25.7 Å². The van der Waals surface area contributed by atoms with Crippen molar-refractivity contribution in [3.63, 3.8) is 0 Å². The van der Waals surface area contributed by atoms with E-state index in [0.29, 0.717) is 12.2 Å². The summed E-state index contributed by atoms with van der Waals surface area (Å²) in [4.78, 5) is 10.2. The highest BCUT2D eigenvalue weighted by molar-refractivity contribution is 7.93. The third-order valence-corrected chi connectivity index (χ3v) is 5.39. The molecule has 0 aliphatic heterocycles. The Bertz CT molecular complexity index is 1010. The van der Waals surface area contributed by atoms with Crippen molar-refractivity contribution in [2.75, 3.05) is 16.7 Å². The third kappa shape index (κ3) is 5.30. The number of hydrazine groups is 1. The van der Waals surface area contributed by atoms with E-state index in [2.05, 4.69) is 20.9 Å². The van der Waals surface area contributed by atoms with Gasteiger partial charge in [0.25, 0.3) is 15.7 Å². The Hall–Kier alpha value is -2.92. The minimum atomic E-state index is -4.12. The number of nitrogens with one attached hydrogen (secondary N) is 4. The lowest BCUT2D eigenvalue weighted by atomic mass is 10.1. The van der Waals surface area contributed by atoms with Crippen molar-refractivity contribution in [1.82, 2.24) is 10.7 Å². The molecule has 150 valence electrons. The minimum absolute atomic E-state index is 0.114. The molecule has 2 rings (SSSR count). The highest BCUT2D eigenvalue weighted by Gasteiger charge is 2.23. The third-order valence-electron chi connectivity index (χ3n) is 3.74. The van der Waals surface area contributed by atoms with E-state index in [0.717, 1.165) is 17.2 Å². The molecule has 2 aromatic rings. The van der Waals surface area contributed by atoms with Crippen LogP contribution in [0.2, 0.25) is 0 Å². The lowest BCUT2D eigenvalue weighted by Gasteiger charge is -2.16. The van der Waals surface area contributed by atoms with Gasteiger partial charge in [0.2, 0.25) is 0 Å². The van der Waals surface area contributed by atoms with Gasteiger partial charge in [0, 0.05) is 18.7 Å². The predicted molar refractivity (Wildman–Crippen MR) is 113 cm³/mol. The summed E-state index contributed by atoms with van der Waals surface area (Å²) in [5, 5.41) is 14.2. The lowest BCUT2D eigenvalue weighted by Crippen LogP contribution is -2.39. The summed E-state index contributed by atoms with van der Waals surface area (Å²) in [5.41, 5.74) is 7.21. The summed E-state index contributed by atoms with van der Waals surface area (Å²) in [6.45, 7) is 6.09. The van der Waals surface area contributed by atoms with Crippen molar-refractivity contribution in [2.24, 2.45) is 0 Å². The second-order valence-corrected chi connectivity index (χ2v) is 8.03. The average Bonchev–Trinajstić information content (AvgIpc) is 2.62. The Kier molecular flexibility index (Phi) is 6.75. The van der Waals surface area contributed by atoms with Crippen LogP contribution in [-0.4, -0.2) is 25.0 Å². The first-order valence-electron chi connectivity index (χ1n) is 8.32. The molecule has 0 aliphatic rings. The first kappa shape index (κ1) is 21.4. The Morgan fingerprint density at radius 1 is 1.14 bits per heavy atom. The van der Waals surface area contributed by atoms with Gasteiger partial charge in [-0.25, -0.2) is 8.42 Å². The predicted octanol–water partition coefficient (Wildman–Crippen LogP) is 2.82. The van der Waals surface area contributed by atoms with Crippen LogP contribution in [0.1, 0.15) is 18.1 Å². The fraction of sp³-hybridized carbons (Fsp3) is 0.235. The standard InChI is InChI=1S/C17H21N5O4S2/c1-4-18-17(27)20-19-15-8-6-13(22(23)24)10-16(15)28(25,26)21-14-7-5-11(2)9-12(14)3/h5-10,19,21H,4H2,1-3H3,(H2,18,20,27). The number of non-ortho nitro benzene ring substituents is 1. The van der Waals surface area contributed by atoms with Gasteiger partial charge in [-0.3, -0.25) is 25.7 Å². The molecule has 0 fully saturated rings. The van der Waals surface area contributed by atoms with Gasteiger partial charge in [-0.05, 0) is 50.7 Å². The quantitative estimate of drug-likeness (QED) is 0.304. The summed E-state index contributed by atoms with van der Waals surface area (Å²) < 4.78 is 28.4. The number of hydrogen-bond donors (Lipinski definition) is 4. The zero-order chi connectivity index (χ0) is 20.9. The number of aryl methyl sites for hydroxylation is 2. The number of rotatable bonds is 7. The van der Waals surface area contributed by atoms with E-state index in [1.165, 1.54) is 12.1 Å². The van der Waals surface area contributed by atoms with Crippen LogP contribution in [0.5, 0.6) is 0 Å². The molecule has 0 unspecified atom stereocenters. The topological polar surface area (TPSA) is 125 Å². The van der Waals surface area contributed by atoms with Gasteiger partial charge in [-0.15, -0.1) is 0 Å². The molecular formula is C17H21N5O4S2. The summed E-state index contributed by atoms with van der Waals surface area (Å²) in [7, 11) is -4.12. The van der Waals surface area contributed by atoms with Gasteiger partial charge in [-0.1, -0.05) is 17.7 Å². The number of anilines is 2. The largest absolute Gasteiger partial charge is 0.362 e. The fourth-order valence-corrected chi connectivity index (χ4v) is 3.92.